The molecule has 0 atom stereocenters. The average molecular weight is 392 g/mol. The van der Waals surface area contributed by atoms with Crippen LogP contribution in [-0.4, -0.2) is 37.1 Å². The van der Waals surface area contributed by atoms with Crippen LogP contribution in [-0.2, 0) is 10.9 Å². The highest BCUT2D eigenvalue weighted by molar-refractivity contribution is 5.97. The van der Waals surface area contributed by atoms with Crippen LogP contribution in [0.25, 0.3) is 0 Å². The van der Waals surface area contributed by atoms with Crippen LogP contribution >= 0.6 is 0 Å². The van der Waals surface area contributed by atoms with Gasteiger partial charge in [0.15, 0.2) is 0 Å². The Kier molecular flexibility index (Phi) is 5.07. The van der Waals surface area contributed by atoms with E-state index >= 15 is 0 Å². The number of halogens is 5. The molecule has 0 spiro atoms. The molecule has 2 heterocycles. The molecule has 0 aromatic carbocycles. The van der Waals surface area contributed by atoms with E-state index in [-0.39, 0.29) is 54.5 Å². The highest BCUT2D eigenvalue weighted by atomic mass is 19.4. The fourth-order valence-corrected chi connectivity index (χ4v) is 3.57. The van der Waals surface area contributed by atoms with Gasteiger partial charge in [-0.3, -0.25) is 0 Å². The number of aromatic nitrogens is 1. The van der Waals surface area contributed by atoms with Crippen molar-refractivity contribution < 1.29 is 31.5 Å². The van der Waals surface area contributed by atoms with Crippen molar-refractivity contribution in [3.05, 3.63) is 22.4 Å². The van der Waals surface area contributed by atoms with E-state index in [1.165, 1.54) is 11.8 Å². The average Bonchev–Trinajstić information content (AvgIpc) is 3.40. The van der Waals surface area contributed by atoms with Gasteiger partial charge in [0, 0.05) is 31.8 Å². The molecule has 0 amide bonds. The van der Waals surface area contributed by atoms with Crippen LogP contribution in [0.5, 0.6) is 0 Å². The lowest BCUT2D eigenvalue weighted by Gasteiger charge is -2.27. The number of esters is 1. The van der Waals surface area contributed by atoms with E-state index in [2.05, 4.69) is 9.72 Å². The lowest BCUT2D eigenvalue weighted by atomic mass is 9.98. The Bertz CT molecular complexity index is 744. The molecular weight excluding hydrogens is 371 g/mol. The Hall–Kier alpha value is -1.93. The largest absolute Gasteiger partial charge is 0.465 e. The van der Waals surface area contributed by atoms with Crippen molar-refractivity contribution in [2.45, 2.75) is 57.0 Å². The van der Waals surface area contributed by atoms with E-state index in [4.69, 9.17) is 0 Å². The molecule has 0 radical (unpaired) electrons. The van der Waals surface area contributed by atoms with Gasteiger partial charge >= 0.3 is 12.1 Å². The van der Waals surface area contributed by atoms with Gasteiger partial charge in [0.1, 0.15) is 11.4 Å². The first-order chi connectivity index (χ1) is 12.5. The van der Waals surface area contributed by atoms with Gasteiger partial charge in [0.25, 0.3) is 0 Å². The molecule has 9 heteroatoms. The molecule has 1 aromatic heterocycles. The molecule has 0 unspecified atom stereocenters. The van der Waals surface area contributed by atoms with Crippen molar-refractivity contribution in [1.82, 2.24) is 4.98 Å². The van der Waals surface area contributed by atoms with Crippen molar-refractivity contribution >= 4 is 11.8 Å². The third kappa shape index (κ3) is 4.01. The zero-order chi connectivity index (χ0) is 20.0. The molecule has 1 aliphatic heterocycles. The number of nitrogens with zero attached hydrogens (tertiary/aromatic N) is 2. The first kappa shape index (κ1) is 19.8. The predicted octanol–water partition coefficient (Wildman–Crippen LogP) is 4.70. The highest BCUT2D eigenvalue weighted by Crippen LogP contribution is 2.48. The molecule has 3 rings (SSSR count). The molecule has 0 N–H and O–H groups in total. The van der Waals surface area contributed by atoms with Crippen LogP contribution in [0.2, 0.25) is 0 Å². The Morgan fingerprint density at radius 1 is 1.22 bits per heavy atom. The number of alkyl halides is 5. The second kappa shape index (κ2) is 6.91. The van der Waals surface area contributed by atoms with E-state index in [0.717, 1.165) is 7.11 Å². The van der Waals surface area contributed by atoms with Gasteiger partial charge in [-0.2, -0.15) is 13.2 Å². The fourth-order valence-electron chi connectivity index (χ4n) is 3.57. The summed E-state index contributed by atoms with van der Waals surface area (Å²) < 4.78 is 73.1. The molecule has 150 valence electrons. The van der Waals surface area contributed by atoms with Gasteiger partial charge in [-0.1, -0.05) is 0 Å². The second-order valence-corrected chi connectivity index (χ2v) is 7.16. The Balaban J connectivity index is 2.16. The maximum absolute atomic E-state index is 13.7. The summed E-state index contributed by atoms with van der Waals surface area (Å²) in [6.07, 6.45) is -4.06. The topological polar surface area (TPSA) is 42.4 Å². The summed E-state index contributed by atoms with van der Waals surface area (Å²) >= 11 is 0. The molecule has 1 saturated heterocycles. The van der Waals surface area contributed by atoms with E-state index in [0.29, 0.717) is 12.8 Å². The van der Waals surface area contributed by atoms with Crippen LogP contribution in [0.15, 0.2) is 0 Å². The third-order valence-corrected chi connectivity index (χ3v) is 5.11. The molecule has 1 aromatic rings. The quantitative estimate of drug-likeness (QED) is 0.553. The fraction of sp³-hybridized carbons (Fsp3) is 0.667. The number of hydrogen-bond donors (Lipinski definition) is 0. The number of ether oxygens (including phenoxy) is 1. The number of hydrogen-bond acceptors (Lipinski definition) is 4. The van der Waals surface area contributed by atoms with Crippen LogP contribution in [0, 0.1) is 6.92 Å². The summed E-state index contributed by atoms with van der Waals surface area (Å²) in [5.41, 5.74) is -1.55. The molecule has 1 aliphatic carbocycles. The number of anilines is 1. The lowest BCUT2D eigenvalue weighted by Crippen LogP contribution is -2.30. The molecule has 0 bridgehead atoms. The number of carbonyl (C=O) groups excluding carboxylic acids is 1. The Morgan fingerprint density at radius 2 is 1.89 bits per heavy atom. The first-order valence-electron chi connectivity index (χ1n) is 8.88. The van der Waals surface area contributed by atoms with Crippen LogP contribution in [0.1, 0.15) is 65.2 Å². The van der Waals surface area contributed by atoms with Crippen LogP contribution in [0.3, 0.4) is 0 Å². The van der Waals surface area contributed by atoms with Gasteiger partial charge < -0.3 is 9.64 Å². The SMILES string of the molecule is COC(=O)c1c(N2CCCC(F)(F)CC2)nc(C2CC2)c(C(F)(F)F)c1C. The van der Waals surface area contributed by atoms with Crippen molar-refractivity contribution in [3.8, 4) is 0 Å². The minimum Gasteiger partial charge on any atom is -0.465 e. The summed E-state index contributed by atoms with van der Waals surface area (Å²) in [7, 11) is 1.07. The van der Waals surface area contributed by atoms with Gasteiger partial charge in [0.05, 0.1) is 18.4 Å². The molecule has 4 nitrogen and oxygen atoms in total. The maximum Gasteiger partial charge on any atom is 0.418 e. The van der Waals surface area contributed by atoms with Gasteiger partial charge in [-0.05, 0) is 31.7 Å². The standard InChI is InChI=1S/C18H21F5N2O2/c1-10-12(16(26)27-2)15(25-8-3-6-17(19,20)7-9-25)24-14(11-4-5-11)13(10)18(21,22)23/h11H,3-9H2,1-2H3. The Morgan fingerprint density at radius 3 is 2.44 bits per heavy atom. The molecule has 27 heavy (non-hydrogen) atoms. The second-order valence-electron chi connectivity index (χ2n) is 7.16. The van der Waals surface area contributed by atoms with Crippen LogP contribution in [0.4, 0.5) is 27.8 Å². The van der Waals surface area contributed by atoms with Gasteiger partial charge in [-0.25, -0.2) is 18.6 Å². The summed E-state index contributed by atoms with van der Waals surface area (Å²) in [5.74, 6) is -4.08. The molecule has 2 aliphatic rings. The summed E-state index contributed by atoms with van der Waals surface area (Å²) in [6.45, 7) is 1.33. The minimum atomic E-state index is -4.66. The summed E-state index contributed by atoms with van der Waals surface area (Å²) in [4.78, 5) is 18.0. The van der Waals surface area contributed by atoms with Crippen molar-refractivity contribution in [1.29, 1.82) is 0 Å². The zero-order valence-electron chi connectivity index (χ0n) is 15.1. The molecule has 2 fully saturated rings. The van der Waals surface area contributed by atoms with Crippen molar-refractivity contribution in [2.75, 3.05) is 25.1 Å². The normalized spacial score (nSPS) is 20.3. The number of rotatable bonds is 3. The number of methoxy groups -OCH3 is 1. The van der Waals surface area contributed by atoms with E-state index in [1.54, 1.807) is 0 Å². The predicted molar refractivity (Wildman–Crippen MR) is 88.3 cm³/mol. The first-order valence-corrected chi connectivity index (χ1v) is 8.88. The van der Waals surface area contributed by atoms with Crippen LogP contribution < -0.4 is 4.90 Å². The highest BCUT2D eigenvalue weighted by Gasteiger charge is 2.44. The molecular formula is C18H21F5N2O2. The van der Waals surface area contributed by atoms with Gasteiger partial charge in [0.2, 0.25) is 5.92 Å². The smallest absolute Gasteiger partial charge is 0.418 e. The monoisotopic (exact) mass is 392 g/mol. The van der Waals surface area contributed by atoms with E-state index < -0.39 is 30.1 Å². The summed E-state index contributed by atoms with van der Waals surface area (Å²) in [5, 5.41) is 0. The summed E-state index contributed by atoms with van der Waals surface area (Å²) in [6, 6.07) is 0. The number of pyridine rings is 1. The molecule has 1 saturated carbocycles. The lowest BCUT2D eigenvalue weighted by molar-refractivity contribution is -0.139. The Labute approximate surface area is 153 Å². The minimum absolute atomic E-state index is 0.0203. The van der Waals surface area contributed by atoms with Gasteiger partial charge in [-0.15, -0.1) is 0 Å². The number of carbonyl (C=O) groups is 1. The van der Waals surface area contributed by atoms with Crippen molar-refractivity contribution in [2.24, 2.45) is 0 Å². The third-order valence-electron chi connectivity index (χ3n) is 5.11. The van der Waals surface area contributed by atoms with E-state index in [1.807, 2.05) is 0 Å². The van der Waals surface area contributed by atoms with Crippen molar-refractivity contribution in [3.63, 3.8) is 0 Å². The maximum atomic E-state index is 13.7. The van der Waals surface area contributed by atoms with E-state index in [9.17, 15) is 26.7 Å². The zero-order valence-corrected chi connectivity index (χ0v) is 15.1.